The Labute approximate surface area is 223 Å². The van der Waals surface area contributed by atoms with Crippen molar-refractivity contribution in [2.24, 2.45) is 17.8 Å². The number of carboxylic acid groups (broad SMARTS) is 1. The smallest absolute Gasteiger partial charge is 0.416 e. The highest BCUT2D eigenvalue weighted by atomic mass is 35.5. The van der Waals surface area contributed by atoms with Gasteiger partial charge in [0.15, 0.2) is 5.69 Å². The number of nitrogens with one attached hydrogen (secondary N) is 2. The van der Waals surface area contributed by atoms with Crippen molar-refractivity contribution in [1.82, 2.24) is 4.98 Å². The molecule has 7 rings (SSSR count). The Hall–Kier alpha value is -3.26. The number of carboxylic acids is 1. The lowest BCUT2D eigenvalue weighted by Gasteiger charge is -2.57. The first kappa shape index (κ1) is 25.0. The first-order valence-electron chi connectivity index (χ1n) is 12.8. The number of nitrogens with zero attached hydrogens (tertiary/aromatic N) is 1. The second kappa shape index (κ2) is 9.19. The number of hydrogen-bond acceptors (Lipinski definition) is 4. The number of aromatic nitrogens is 1. The van der Waals surface area contributed by atoms with Gasteiger partial charge in [-0.1, -0.05) is 23.7 Å². The van der Waals surface area contributed by atoms with Crippen molar-refractivity contribution in [2.45, 2.75) is 50.1 Å². The molecular formula is C29H27ClF3N3O2. The van der Waals surface area contributed by atoms with Gasteiger partial charge in [0.25, 0.3) is 0 Å². The van der Waals surface area contributed by atoms with Gasteiger partial charge >= 0.3 is 12.1 Å². The highest BCUT2D eigenvalue weighted by molar-refractivity contribution is 6.33. The van der Waals surface area contributed by atoms with E-state index in [2.05, 4.69) is 21.7 Å². The summed E-state index contributed by atoms with van der Waals surface area (Å²) in [5, 5.41) is 15.5. The van der Waals surface area contributed by atoms with Crippen molar-refractivity contribution in [3.05, 3.63) is 76.4 Å². The van der Waals surface area contributed by atoms with Crippen LogP contribution in [0.25, 0.3) is 0 Å². The van der Waals surface area contributed by atoms with Crippen molar-refractivity contribution >= 4 is 40.5 Å². The maximum absolute atomic E-state index is 13.7. The van der Waals surface area contributed by atoms with Gasteiger partial charge in [-0.05, 0) is 110 Å². The topological polar surface area (TPSA) is 74.2 Å². The van der Waals surface area contributed by atoms with E-state index in [1.54, 1.807) is 0 Å². The number of alkyl halides is 3. The third-order valence-corrected chi connectivity index (χ3v) is 8.71. The molecule has 0 unspecified atom stereocenters. The molecule has 0 atom stereocenters. The molecule has 198 valence electrons. The predicted molar refractivity (Wildman–Crippen MR) is 141 cm³/mol. The number of halogens is 4. The van der Waals surface area contributed by atoms with Crippen LogP contribution in [0.15, 0.2) is 54.6 Å². The van der Waals surface area contributed by atoms with Gasteiger partial charge in [0.05, 0.1) is 16.3 Å². The summed E-state index contributed by atoms with van der Waals surface area (Å²) in [6.07, 6.45) is 3.03. The molecule has 3 N–H and O–H groups in total. The molecule has 1 heterocycles. The summed E-state index contributed by atoms with van der Waals surface area (Å²) in [6.45, 7) is 0. The molecule has 1 aromatic heterocycles. The van der Waals surface area contributed by atoms with Gasteiger partial charge in [-0.25, -0.2) is 9.78 Å². The van der Waals surface area contributed by atoms with Gasteiger partial charge in [0.2, 0.25) is 0 Å². The van der Waals surface area contributed by atoms with Crippen LogP contribution in [0.2, 0.25) is 5.02 Å². The minimum absolute atomic E-state index is 0.110. The van der Waals surface area contributed by atoms with Crippen LogP contribution in [0.3, 0.4) is 0 Å². The summed E-state index contributed by atoms with van der Waals surface area (Å²) in [5.74, 6) is 1.26. The van der Waals surface area contributed by atoms with Crippen molar-refractivity contribution in [2.75, 3.05) is 10.6 Å². The molecule has 4 aliphatic carbocycles. The average molecular weight is 542 g/mol. The first-order valence-corrected chi connectivity index (χ1v) is 13.2. The van der Waals surface area contributed by atoms with E-state index in [1.807, 2.05) is 12.1 Å². The molecule has 38 heavy (non-hydrogen) atoms. The summed E-state index contributed by atoms with van der Waals surface area (Å²) in [5.41, 5.74) is 1.16. The van der Waals surface area contributed by atoms with E-state index in [4.69, 9.17) is 16.7 Å². The second-order valence-electron chi connectivity index (χ2n) is 11.2. The Morgan fingerprint density at radius 2 is 1.55 bits per heavy atom. The van der Waals surface area contributed by atoms with Gasteiger partial charge in [0.1, 0.15) is 5.82 Å². The molecule has 0 amide bonds. The standard InChI is InChI=1S/C29H27ClF3N3O2/c30-23-11-19(28-13-16-6-17(14-28)8-18(7-16)15-28)4-5-24(23)34-21-9-20(29(31,32)33)10-22(12-21)35-26-3-1-2-25(36-26)27(37)38/h1-5,9-12,16-18,34H,6-8,13-15H2,(H,35,36)(H,37,38). The molecule has 0 saturated heterocycles. The normalized spacial score (nSPS) is 25.8. The van der Waals surface area contributed by atoms with Crippen molar-refractivity contribution < 1.29 is 23.1 Å². The Bertz CT molecular complexity index is 1370. The fraction of sp³-hybridized carbons (Fsp3) is 0.379. The highest BCUT2D eigenvalue weighted by Gasteiger charge is 2.51. The van der Waals surface area contributed by atoms with Crippen molar-refractivity contribution in [3.8, 4) is 0 Å². The monoisotopic (exact) mass is 541 g/mol. The van der Waals surface area contributed by atoms with Crippen LogP contribution in [-0.2, 0) is 11.6 Å². The number of aromatic carboxylic acids is 1. The van der Waals surface area contributed by atoms with E-state index in [-0.39, 0.29) is 28.3 Å². The molecular weight excluding hydrogens is 515 g/mol. The number of carbonyl (C=O) groups is 1. The zero-order chi connectivity index (χ0) is 26.7. The van der Waals surface area contributed by atoms with E-state index in [9.17, 15) is 18.0 Å². The number of hydrogen-bond donors (Lipinski definition) is 3. The third kappa shape index (κ3) is 4.82. The second-order valence-corrected chi connectivity index (χ2v) is 11.6. The molecule has 5 nitrogen and oxygen atoms in total. The molecule has 4 saturated carbocycles. The van der Waals surface area contributed by atoms with E-state index in [0.717, 1.165) is 29.9 Å². The third-order valence-electron chi connectivity index (χ3n) is 8.40. The largest absolute Gasteiger partial charge is 0.477 e. The fourth-order valence-electron chi connectivity index (χ4n) is 7.27. The van der Waals surface area contributed by atoms with Gasteiger partial charge in [-0.3, -0.25) is 0 Å². The van der Waals surface area contributed by atoms with E-state index in [1.165, 1.54) is 68.4 Å². The zero-order valence-corrected chi connectivity index (χ0v) is 21.2. The van der Waals surface area contributed by atoms with Gasteiger partial charge < -0.3 is 15.7 Å². The van der Waals surface area contributed by atoms with Gasteiger partial charge in [0, 0.05) is 11.4 Å². The lowest BCUT2D eigenvalue weighted by molar-refractivity contribution is -0.137. The summed E-state index contributed by atoms with van der Waals surface area (Å²) in [6, 6.07) is 13.7. The van der Waals surface area contributed by atoms with Gasteiger partial charge in [-0.2, -0.15) is 13.2 Å². The van der Waals surface area contributed by atoms with E-state index in [0.29, 0.717) is 10.7 Å². The molecule has 0 aliphatic heterocycles. The van der Waals surface area contributed by atoms with Crippen LogP contribution in [0, 0.1) is 17.8 Å². The number of rotatable bonds is 6. The predicted octanol–water partition coefficient (Wildman–Crippen LogP) is 8.41. The summed E-state index contributed by atoms with van der Waals surface area (Å²) >= 11 is 6.70. The fourth-order valence-corrected chi connectivity index (χ4v) is 7.50. The van der Waals surface area contributed by atoms with Crippen molar-refractivity contribution in [1.29, 1.82) is 0 Å². The number of pyridine rings is 1. The Morgan fingerprint density at radius 1 is 0.921 bits per heavy atom. The summed E-state index contributed by atoms with van der Waals surface area (Å²) in [4.78, 5) is 15.2. The van der Waals surface area contributed by atoms with Crippen LogP contribution >= 0.6 is 11.6 Å². The van der Waals surface area contributed by atoms with Crippen LogP contribution in [0.4, 0.5) is 36.1 Å². The van der Waals surface area contributed by atoms with Crippen LogP contribution in [0.5, 0.6) is 0 Å². The molecule has 4 aliphatic rings. The molecule has 2 aromatic carbocycles. The van der Waals surface area contributed by atoms with Crippen LogP contribution < -0.4 is 10.6 Å². The molecule has 4 bridgehead atoms. The highest BCUT2D eigenvalue weighted by Crippen LogP contribution is 2.61. The molecule has 3 aromatic rings. The molecule has 0 spiro atoms. The summed E-state index contributed by atoms with van der Waals surface area (Å²) < 4.78 is 41.1. The Balaban J connectivity index is 1.28. The quantitative estimate of drug-likeness (QED) is 0.292. The number of anilines is 4. The van der Waals surface area contributed by atoms with E-state index >= 15 is 0 Å². The SMILES string of the molecule is O=C(O)c1cccc(Nc2cc(Nc3ccc(C45CC6CC(CC(C6)C4)C5)cc3Cl)cc(C(F)(F)F)c2)n1. The zero-order valence-electron chi connectivity index (χ0n) is 20.5. The van der Waals surface area contributed by atoms with Crippen LogP contribution in [-0.4, -0.2) is 16.1 Å². The van der Waals surface area contributed by atoms with E-state index < -0.39 is 17.7 Å². The minimum atomic E-state index is -4.59. The van der Waals surface area contributed by atoms with Gasteiger partial charge in [-0.15, -0.1) is 0 Å². The lowest BCUT2D eigenvalue weighted by Crippen LogP contribution is -2.48. The van der Waals surface area contributed by atoms with Crippen LogP contribution in [0.1, 0.15) is 60.1 Å². The minimum Gasteiger partial charge on any atom is -0.477 e. The van der Waals surface area contributed by atoms with Crippen molar-refractivity contribution in [3.63, 3.8) is 0 Å². The Kier molecular flexibility index (Phi) is 6.05. The lowest BCUT2D eigenvalue weighted by atomic mass is 9.48. The maximum Gasteiger partial charge on any atom is 0.416 e. The average Bonchev–Trinajstić information content (AvgIpc) is 2.84. The first-order chi connectivity index (χ1) is 18.1. The summed E-state index contributed by atoms with van der Waals surface area (Å²) in [7, 11) is 0. The molecule has 4 fully saturated rings. The molecule has 9 heteroatoms. The number of benzene rings is 2. The maximum atomic E-state index is 13.7. The Morgan fingerprint density at radius 3 is 2.13 bits per heavy atom. The molecule has 0 radical (unpaired) electrons.